The second-order valence-corrected chi connectivity index (χ2v) is 8.64. The van der Waals surface area contributed by atoms with Crippen molar-refractivity contribution in [1.82, 2.24) is 4.72 Å². The Morgan fingerprint density at radius 3 is 2.20 bits per heavy atom. The van der Waals surface area contributed by atoms with Crippen LogP contribution in [0.25, 0.3) is 0 Å². The zero-order valence-electron chi connectivity index (χ0n) is 15.0. The van der Waals surface area contributed by atoms with E-state index in [1.165, 1.54) is 0 Å². The van der Waals surface area contributed by atoms with Crippen molar-refractivity contribution in [3.05, 3.63) is 29.8 Å². The fourth-order valence-electron chi connectivity index (χ4n) is 2.83. The Morgan fingerprint density at radius 1 is 1.16 bits per heavy atom. The molecule has 0 radical (unpaired) electrons. The Balaban J connectivity index is 1.97. The molecule has 1 amide bonds. The number of nitrogens with zero attached hydrogens (tertiary/aromatic N) is 1. The van der Waals surface area contributed by atoms with Gasteiger partial charge in [0.25, 0.3) is 0 Å². The molecule has 0 atom stereocenters. The van der Waals surface area contributed by atoms with Gasteiger partial charge in [-0.1, -0.05) is 20.8 Å². The number of rotatable bonds is 6. The highest BCUT2D eigenvalue weighted by molar-refractivity contribution is 7.90. The predicted molar refractivity (Wildman–Crippen MR) is 98.2 cm³/mol. The maximum atomic E-state index is 12.3. The van der Waals surface area contributed by atoms with Gasteiger partial charge in [0, 0.05) is 36.7 Å². The second-order valence-electron chi connectivity index (χ2n) is 6.68. The minimum Gasteiger partial charge on any atom is -0.371 e. The SMILES string of the molecule is CCC(=O)c1ccc(N2CCC(S(=O)(=O)NC(=O)C(C)C)CC2)cc1. The van der Waals surface area contributed by atoms with Gasteiger partial charge in [0.05, 0.1) is 5.25 Å². The largest absolute Gasteiger partial charge is 0.371 e. The first-order valence-corrected chi connectivity index (χ1v) is 10.2. The van der Waals surface area contributed by atoms with Crippen LogP contribution in [0, 0.1) is 5.92 Å². The molecule has 0 unspecified atom stereocenters. The van der Waals surface area contributed by atoms with Crippen LogP contribution < -0.4 is 9.62 Å². The molecule has 0 spiro atoms. The number of sulfonamides is 1. The van der Waals surface area contributed by atoms with Crippen molar-refractivity contribution in [2.24, 2.45) is 5.92 Å². The summed E-state index contributed by atoms with van der Waals surface area (Å²) in [6.45, 7) is 6.37. The molecular weight excluding hydrogens is 340 g/mol. The average Bonchev–Trinajstić information content (AvgIpc) is 2.61. The lowest BCUT2D eigenvalue weighted by atomic mass is 10.1. The van der Waals surface area contributed by atoms with Crippen molar-refractivity contribution in [3.63, 3.8) is 0 Å². The van der Waals surface area contributed by atoms with Gasteiger partial charge in [-0.05, 0) is 37.1 Å². The van der Waals surface area contributed by atoms with Crippen LogP contribution >= 0.6 is 0 Å². The fraction of sp³-hybridized carbons (Fsp3) is 0.556. The molecule has 1 aliphatic heterocycles. The highest BCUT2D eigenvalue weighted by Gasteiger charge is 2.31. The standard InChI is InChI=1S/C18H26N2O4S/c1-4-17(21)14-5-7-15(8-6-14)20-11-9-16(10-12-20)25(23,24)19-18(22)13(2)3/h5-8,13,16H,4,9-12H2,1-3H3,(H,19,22). The number of anilines is 1. The summed E-state index contributed by atoms with van der Waals surface area (Å²) in [7, 11) is -3.63. The third kappa shape index (κ3) is 4.81. The van der Waals surface area contributed by atoms with Crippen LogP contribution in [0.2, 0.25) is 0 Å². The smallest absolute Gasteiger partial charge is 0.237 e. The Morgan fingerprint density at radius 2 is 1.72 bits per heavy atom. The lowest BCUT2D eigenvalue weighted by Gasteiger charge is -2.33. The normalized spacial score (nSPS) is 16.1. The van der Waals surface area contributed by atoms with Gasteiger partial charge in [-0.25, -0.2) is 8.42 Å². The van der Waals surface area contributed by atoms with Gasteiger partial charge < -0.3 is 4.90 Å². The zero-order chi connectivity index (χ0) is 18.6. The van der Waals surface area contributed by atoms with Gasteiger partial charge in [0.1, 0.15) is 0 Å². The third-order valence-corrected chi connectivity index (χ3v) is 6.36. The van der Waals surface area contributed by atoms with E-state index in [4.69, 9.17) is 0 Å². The van der Waals surface area contributed by atoms with E-state index >= 15 is 0 Å². The van der Waals surface area contributed by atoms with Crippen molar-refractivity contribution in [1.29, 1.82) is 0 Å². The molecule has 1 aromatic rings. The molecule has 6 nitrogen and oxygen atoms in total. The summed E-state index contributed by atoms with van der Waals surface area (Å²) in [5, 5.41) is -0.549. The summed E-state index contributed by atoms with van der Waals surface area (Å²) in [5.74, 6) is -0.713. The number of benzene rings is 1. The molecule has 1 saturated heterocycles. The van der Waals surface area contributed by atoms with E-state index < -0.39 is 21.2 Å². The molecule has 0 saturated carbocycles. The van der Waals surface area contributed by atoms with Crippen LogP contribution in [0.3, 0.4) is 0 Å². The van der Waals surface area contributed by atoms with E-state index in [0.717, 1.165) is 5.69 Å². The predicted octanol–water partition coefficient (Wildman–Crippen LogP) is 2.35. The van der Waals surface area contributed by atoms with Gasteiger partial charge in [0.15, 0.2) is 5.78 Å². The van der Waals surface area contributed by atoms with Crippen molar-refractivity contribution >= 4 is 27.4 Å². The Bertz CT molecular complexity index is 718. The molecule has 0 aromatic heterocycles. The molecular formula is C18H26N2O4S. The molecule has 0 aliphatic carbocycles. The third-order valence-electron chi connectivity index (χ3n) is 4.52. The molecule has 1 fully saturated rings. The van der Waals surface area contributed by atoms with Crippen LogP contribution in [0.4, 0.5) is 5.69 Å². The first kappa shape index (κ1) is 19.4. The first-order valence-electron chi connectivity index (χ1n) is 8.68. The summed E-state index contributed by atoms with van der Waals surface area (Å²) >= 11 is 0. The van der Waals surface area contributed by atoms with Crippen LogP contribution in [0.15, 0.2) is 24.3 Å². The van der Waals surface area contributed by atoms with Gasteiger partial charge in [-0.3, -0.25) is 14.3 Å². The van der Waals surface area contributed by atoms with E-state index in [1.54, 1.807) is 13.8 Å². The maximum absolute atomic E-state index is 12.3. The zero-order valence-corrected chi connectivity index (χ0v) is 15.8. The molecule has 1 aromatic carbocycles. The lowest BCUT2D eigenvalue weighted by Crippen LogP contribution is -2.46. The number of hydrogen-bond acceptors (Lipinski definition) is 5. The Kier molecular flexibility index (Phi) is 6.21. The highest BCUT2D eigenvalue weighted by Crippen LogP contribution is 2.24. The summed E-state index contributed by atoms with van der Waals surface area (Å²) in [4.78, 5) is 25.5. The molecule has 2 rings (SSSR count). The van der Waals surface area contributed by atoms with Crippen molar-refractivity contribution in [2.45, 2.75) is 45.3 Å². The molecule has 7 heteroatoms. The van der Waals surface area contributed by atoms with E-state index in [1.807, 2.05) is 31.2 Å². The lowest BCUT2D eigenvalue weighted by molar-refractivity contribution is -0.122. The fourth-order valence-corrected chi connectivity index (χ4v) is 4.34. The van der Waals surface area contributed by atoms with E-state index in [2.05, 4.69) is 9.62 Å². The van der Waals surface area contributed by atoms with E-state index in [9.17, 15) is 18.0 Å². The summed E-state index contributed by atoms with van der Waals surface area (Å²) in [5.41, 5.74) is 1.68. The van der Waals surface area contributed by atoms with Gasteiger partial charge in [-0.2, -0.15) is 0 Å². The Hall–Kier alpha value is -1.89. The van der Waals surface area contributed by atoms with Crippen LogP contribution in [-0.4, -0.2) is 38.4 Å². The first-order chi connectivity index (χ1) is 11.7. The number of hydrogen-bond donors (Lipinski definition) is 1. The van der Waals surface area contributed by atoms with E-state index in [0.29, 0.717) is 37.9 Å². The van der Waals surface area contributed by atoms with Gasteiger partial charge in [-0.15, -0.1) is 0 Å². The Labute approximate surface area is 149 Å². The van der Waals surface area contributed by atoms with Crippen LogP contribution in [0.1, 0.15) is 50.4 Å². The number of amides is 1. The molecule has 1 heterocycles. The minimum absolute atomic E-state index is 0.109. The minimum atomic E-state index is -3.63. The summed E-state index contributed by atoms with van der Waals surface area (Å²) in [6, 6.07) is 7.43. The highest BCUT2D eigenvalue weighted by atomic mass is 32.2. The van der Waals surface area contributed by atoms with Gasteiger partial charge in [0.2, 0.25) is 15.9 Å². The number of carbonyl (C=O) groups is 2. The average molecular weight is 366 g/mol. The van der Waals surface area contributed by atoms with Crippen molar-refractivity contribution < 1.29 is 18.0 Å². The number of Topliss-reactive ketones (excluding diaryl/α,β-unsaturated/α-hetero) is 1. The summed E-state index contributed by atoms with van der Waals surface area (Å²) < 4.78 is 26.8. The number of carbonyl (C=O) groups excluding carboxylic acids is 2. The number of nitrogens with one attached hydrogen (secondary N) is 1. The number of piperidine rings is 1. The molecule has 1 aliphatic rings. The maximum Gasteiger partial charge on any atom is 0.237 e. The monoisotopic (exact) mass is 366 g/mol. The second kappa shape index (κ2) is 7.99. The molecule has 25 heavy (non-hydrogen) atoms. The van der Waals surface area contributed by atoms with Gasteiger partial charge >= 0.3 is 0 Å². The quantitative estimate of drug-likeness (QED) is 0.782. The van der Waals surface area contributed by atoms with Crippen molar-refractivity contribution in [2.75, 3.05) is 18.0 Å². The molecule has 138 valence electrons. The summed E-state index contributed by atoms with van der Waals surface area (Å²) in [6.07, 6.45) is 1.41. The molecule has 0 bridgehead atoms. The van der Waals surface area contributed by atoms with E-state index in [-0.39, 0.29) is 11.7 Å². The van der Waals surface area contributed by atoms with Crippen LogP contribution in [-0.2, 0) is 14.8 Å². The number of ketones is 1. The van der Waals surface area contributed by atoms with Crippen molar-refractivity contribution in [3.8, 4) is 0 Å². The topological polar surface area (TPSA) is 83.6 Å². The van der Waals surface area contributed by atoms with Crippen LogP contribution in [0.5, 0.6) is 0 Å². The molecule has 1 N–H and O–H groups in total.